The summed E-state index contributed by atoms with van der Waals surface area (Å²) in [4.78, 5) is 0. The normalized spacial score (nSPS) is 18.2. The van der Waals surface area contributed by atoms with Crippen LogP contribution in [0.5, 0.6) is 11.5 Å². The molecular formula is C12H15NO3. The van der Waals surface area contributed by atoms with Crippen LogP contribution in [0.1, 0.15) is 24.1 Å². The summed E-state index contributed by atoms with van der Waals surface area (Å²) in [5, 5.41) is 10.8. The van der Waals surface area contributed by atoms with E-state index in [9.17, 15) is 5.21 Å². The van der Waals surface area contributed by atoms with Crippen LogP contribution in [0.3, 0.4) is 0 Å². The molecule has 0 amide bonds. The summed E-state index contributed by atoms with van der Waals surface area (Å²) in [6, 6.07) is 3.72. The quantitative estimate of drug-likeness (QED) is 0.832. The molecule has 0 fully saturated rings. The number of nitrogens with zero attached hydrogens (tertiary/aromatic N) is 1. The summed E-state index contributed by atoms with van der Waals surface area (Å²) in [5.74, 6) is 1.38. The Labute approximate surface area is 94.7 Å². The summed E-state index contributed by atoms with van der Waals surface area (Å²) in [6.07, 6.45) is 3.48. The summed E-state index contributed by atoms with van der Waals surface area (Å²) < 4.78 is 10.5. The first-order valence-corrected chi connectivity index (χ1v) is 5.08. The Morgan fingerprint density at radius 1 is 1.19 bits per heavy atom. The third-order valence-electron chi connectivity index (χ3n) is 2.84. The number of hydroxylamine groups is 2. The van der Waals surface area contributed by atoms with E-state index in [0.29, 0.717) is 11.5 Å². The van der Waals surface area contributed by atoms with Gasteiger partial charge in [-0.2, -0.15) is 0 Å². The van der Waals surface area contributed by atoms with E-state index in [1.165, 1.54) is 5.06 Å². The molecule has 1 aliphatic heterocycles. The highest BCUT2D eigenvalue weighted by Gasteiger charge is 2.20. The van der Waals surface area contributed by atoms with E-state index in [0.717, 1.165) is 11.1 Å². The zero-order valence-corrected chi connectivity index (χ0v) is 9.60. The Morgan fingerprint density at radius 3 is 2.44 bits per heavy atom. The SMILES string of the molecule is COc1cc2c(cc1OC)C(C)N(O)C=C2. The molecule has 0 radical (unpaired) electrons. The van der Waals surface area contributed by atoms with Crippen LogP contribution in [-0.2, 0) is 0 Å². The van der Waals surface area contributed by atoms with Crippen LogP contribution < -0.4 is 9.47 Å². The van der Waals surface area contributed by atoms with Crippen LogP contribution >= 0.6 is 0 Å². The fraction of sp³-hybridized carbons (Fsp3) is 0.333. The molecule has 0 saturated heterocycles. The molecule has 1 aliphatic rings. The van der Waals surface area contributed by atoms with Gasteiger partial charge in [-0.15, -0.1) is 0 Å². The molecule has 86 valence electrons. The lowest BCUT2D eigenvalue weighted by molar-refractivity contribution is -0.0755. The van der Waals surface area contributed by atoms with Crippen molar-refractivity contribution in [3.8, 4) is 11.5 Å². The highest BCUT2D eigenvalue weighted by atomic mass is 16.5. The fourth-order valence-electron chi connectivity index (χ4n) is 1.84. The highest BCUT2D eigenvalue weighted by molar-refractivity contribution is 5.62. The van der Waals surface area contributed by atoms with Crippen LogP contribution in [0.25, 0.3) is 6.08 Å². The molecule has 0 aromatic heterocycles. The van der Waals surface area contributed by atoms with E-state index < -0.39 is 0 Å². The number of ether oxygens (including phenoxy) is 2. The summed E-state index contributed by atoms with van der Waals surface area (Å²) in [6.45, 7) is 1.92. The largest absolute Gasteiger partial charge is 0.493 e. The van der Waals surface area contributed by atoms with Gasteiger partial charge in [0.2, 0.25) is 0 Å². The first kappa shape index (κ1) is 10.8. The predicted octanol–water partition coefficient (Wildman–Crippen LogP) is 2.44. The minimum Gasteiger partial charge on any atom is -0.493 e. The lowest BCUT2D eigenvalue weighted by Gasteiger charge is -2.27. The van der Waals surface area contributed by atoms with E-state index in [2.05, 4.69) is 0 Å². The molecule has 1 heterocycles. The zero-order valence-electron chi connectivity index (χ0n) is 9.60. The number of hydrogen-bond donors (Lipinski definition) is 1. The first-order valence-electron chi connectivity index (χ1n) is 5.08. The number of fused-ring (bicyclic) bond motifs is 1. The molecule has 0 bridgehead atoms. The molecule has 2 rings (SSSR count). The third kappa shape index (κ3) is 1.61. The van der Waals surface area contributed by atoms with Crippen molar-refractivity contribution >= 4 is 6.08 Å². The van der Waals surface area contributed by atoms with Gasteiger partial charge in [0.15, 0.2) is 11.5 Å². The standard InChI is InChI=1S/C12H15NO3/c1-8-10-7-12(16-3)11(15-2)6-9(10)4-5-13(8)14/h4-8,14H,1-3H3. The summed E-state index contributed by atoms with van der Waals surface area (Å²) in [7, 11) is 3.21. The van der Waals surface area contributed by atoms with Crippen LogP contribution in [0.15, 0.2) is 18.3 Å². The zero-order chi connectivity index (χ0) is 11.7. The average molecular weight is 221 g/mol. The Hall–Kier alpha value is -1.68. The van der Waals surface area contributed by atoms with Gasteiger partial charge < -0.3 is 9.47 Å². The minimum absolute atomic E-state index is 0.0835. The van der Waals surface area contributed by atoms with Crippen molar-refractivity contribution in [2.45, 2.75) is 13.0 Å². The van der Waals surface area contributed by atoms with Gasteiger partial charge in [0.25, 0.3) is 0 Å². The monoisotopic (exact) mass is 221 g/mol. The molecule has 4 heteroatoms. The second-order valence-corrected chi connectivity index (χ2v) is 3.71. The maximum atomic E-state index is 9.59. The van der Waals surface area contributed by atoms with E-state index in [-0.39, 0.29) is 6.04 Å². The second-order valence-electron chi connectivity index (χ2n) is 3.71. The van der Waals surface area contributed by atoms with E-state index >= 15 is 0 Å². The van der Waals surface area contributed by atoms with E-state index in [1.54, 1.807) is 20.4 Å². The molecule has 0 saturated carbocycles. The molecule has 16 heavy (non-hydrogen) atoms. The first-order chi connectivity index (χ1) is 7.67. The Kier molecular flexibility index (Phi) is 2.75. The lowest BCUT2D eigenvalue weighted by Crippen LogP contribution is -2.20. The van der Waals surface area contributed by atoms with Crippen LogP contribution in [-0.4, -0.2) is 24.5 Å². The summed E-state index contributed by atoms with van der Waals surface area (Å²) >= 11 is 0. The van der Waals surface area contributed by atoms with Crippen LogP contribution in [0.4, 0.5) is 0 Å². The van der Waals surface area contributed by atoms with Crippen molar-refractivity contribution < 1.29 is 14.7 Å². The molecule has 0 aliphatic carbocycles. The average Bonchev–Trinajstić information content (AvgIpc) is 2.32. The van der Waals surface area contributed by atoms with Crippen molar-refractivity contribution in [3.63, 3.8) is 0 Å². The van der Waals surface area contributed by atoms with Crippen molar-refractivity contribution in [3.05, 3.63) is 29.5 Å². The summed E-state index contributed by atoms with van der Waals surface area (Å²) in [5.41, 5.74) is 2.05. The number of rotatable bonds is 2. The third-order valence-corrected chi connectivity index (χ3v) is 2.84. The molecular weight excluding hydrogens is 206 g/mol. The molecule has 1 aromatic rings. The van der Waals surface area contributed by atoms with Crippen molar-refractivity contribution in [2.75, 3.05) is 14.2 Å². The lowest BCUT2D eigenvalue weighted by atomic mass is 9.98. The van der Waals surface area contributed by atoms with Crippen molar-refractivity contribution in [2.24, 2.45) is 0 Å². The molecule has 1 unspecified atom stereocenters. The smallest absolute Gasteiger partial charge is 0.161 e. The number of methoxy groups -OCH3 is 2. The Bertz CT molecular complexity index is 429. The van der Waals surface area contributed by atoms with Crippen LogP contribution in [0, 0.1) is 0 Å². The highest BCUT2D eigenvalue weighted by Crippen LogP contribution is 2.37. The van der Waals surface area contributed by atoms with Gasteiger partial charge in [-0.25, -0.2) is 0 Å². The van der Waals surface area contributed by atoms with Gasteiger partial charge in [-0.1, -0.05) is 0 Å². The van der Waals surface area contributed by atoms with Gasteiger partial charge in [0.05, 0.1) is 20.3 Å². The molecule has 4 nitrogen and oxygen atoms in total. The predicted molar refractivity (Wildman–Crippen MR) is 60.6 cm³/mol. The number of benzene rings is 1. The maximum absolute atomic E-state index is 9.59. The molecule has 1 aromatic carbocycles. The second kappa shape index (κ2) is 4.06. The van der Waals surface area contributed by atoms with Gasteiger partial charge in [0.1, 0.15) is 0 Å². The van der Waals surface area contributed by atoms with E-state index in [4.69, 9.17) is 9.47 Å². The number of hydrogen-bond acceptors (Lipinski definition) is 4. The Balaban J connectivity index is 2.54. The van der Waals surface area contributed by atoms with Crippen molar-refractivity contribution in [1.29, 1.82) is 0 Å². The van der Waals surface area contributed by atoms with E-state index in [1.807, 2.05) is 25.1 Å². The fourth-order valence-corrected chi connectivity index (χ4v) is 1.84. The van der Waals surface area contributed by atoms with Crippen LogP contribution in [0.2, 0.25) is 0 Å². The Morgan fingerprint density at radius 2 is 1.81 bits per heavy atom. The van der Waals surface area contributed by atoms with Gasteiger partial charge in [0, 0.05) is 6.20 Å². The molecule has 0 spiro atoms. The van der Waals surface area contributed by atoms with Gasteiger partial charge >= 0.3 is 0 Å². The van der Waals surface area contributed by atoms with Gasteiger partial charge in [-0.3, -0.25) is 10.3 Å². The van der Waals surface area contributed by atoms with Gasteiger partial charge in [-0.05, 0) is 36.3 Å². The molecule has 1 N–H and O–H groups in total. The topological polar surface area (TPSA) is 41.9 Å². The minimum atomic E-state index is -0.0835. The molecule has 1 atom stereocenters. The van der Waals surface area contributed by atoms with Crippen molar-refractivity contribution in [1.82, 2.24) is 5.06 Å². The maximum Gasteiger partial charge on any atom is 0.161 e.